The summed E-state index contributed by atoms with van der Waals surface area (Å²) in [6.07, 6.45) is 2.79. The summed E-state index contributed by atoms with van der Waals surface area (Å²) in [6, 6.07) is 4.69. The molecule has 2 heterocycles. The zero-order valence-corrected chi connectivity index (χ0v) is 15.3. The monoisotopic (exact) mass is 359 g/mol. The first-order valence-electron chi connectivity index (χ1n) is 8.86. The van der Waals surface area contributed by atoms with Crippen LogP contribution in [0.15, 0.2) is 24.5 Å². The maximum Gasteiger partial charge on any atom is 0.257 e. The Balaban J connectivity index is 1.84. The van der Waals surface area contributed by atoms with Gasteiger partial charge in [0.05, 0.1) is 16.9 Å². The zero-order valence-electron chi connectivity index (χ0n) is 15.3. The Hall–Kier alpha value is -2.48. The second-order valence-corrected chi connectivity index (χ2v) is 7.64. The van der Waals surface area contributed by atoms with Crippen LogP contribution in [0, 0.1) is 11.8 Å². The van der Waals surface area contributed by atoms with Gasteiger partial charge in [-0.15, -0.1) is 5.10 Å². The maximum atomic E-state index is 13.0. The second kappa shape index (κ2) is 7.03. The molecule has 2 aromatic rings. The van der Waals surface area contributed by atoms with Gasteiger partial charge in [0.2, 0.25) is 0 Å². The molecule has 140 valence electrons. The molecule has 1 aliphatic heterocycles. The van der Waals surface area contributed by atoms with E-state index in [9.17, 15) is 15.0 Å². The summed E-state index contributed by atoms with van der Waals surface area (Å²) in [4.78, 5) is 14.7. The van der Waals surface area contributed by atoms with E-state index >= 15 is 0 Å². The summed E-state index contributed by atoms with van der Waals surface area (Å²) in [5.74, 6) is 0.106. The number of carbonyl (C=O) groups is 1. The number of rotatable bonds is 4. The van der Waals surface area contributed by atoms with Crippen LogP contribution in [-0.2, 0) is 0 Å². The summed E-state index contributed by atoms with van der Waals surface area (Å²) in [5, 5.41) is 31.8. The van der Waals surface area contributed by atoms with Crippen LogP contribution < -0.4 is 0 Å². The zero-order chi connectivity index (χ0) is 18.9. The number of benzene rings is 1. The largest absolute Gasteiger partial charge is 0.507 e. The molecule has 1 fully saturated rings. The molecule has 0 unspecified atom stereocenters. The van der Waals surface area contributed by atoms with Crippen LogP contribution in [0.1, 0.15) is 44.0 Å². The Morgan fingerprint density at radius 1 is 1.42 bits per heavy atom. The van der Waals surface area contributed by atoms with Gasteiger partial charge < -0.3 is 15.1 Å². The molecule has 0 bridgehead atoms. The van der Waals surface area contributed by atoms with Crippen LogP contribution in [0.2, 0.25) is 0 Å². The number of tetrazole rings is 1. The Morgan fingerprint density at radius 2 is 2.19 bits per heavy atom. The number of nitrogens with zero attached hydrogens (tertiary/aromatic N) is 5. The number of piperidine rings is 1. The van der Waals surface area contributed by atoms with Crippen LogP contribution in [0.25, 0.3) is 5.69 Å². The molecule has 2 N–H and O–H groups in total. The molecule has 1 aliphatic rings. The van der Waals surface area contributed by atoms with Crippen LogP contribution in [0.3, 0.4) is 0 Å². The topological polar surface area (TPSA) is 104 Å². The minimum absolute atomic E-state index is 0.00467. The summed E-state index contributed by atoms with van der Waals surface area (Å²) < 4.78 is 1.43. The fraction of sp³-hybridized carbons (Fsp3) is 0.556. The highest BCUT2D eigenvalue weighted by Crippen LogP contribution is 2.33. The van der Waals surface area contributed by atoms with E-state index in [1.165, 1.54) is 17.1 Å². The van der Waals surface area contributed by atoms with Gasteiger partial charge in [-0.25, -0.2) is 4.68 Å². The van der Waals surface area contributed by atoms with Crippen molar-refractivity contribution in [2.75, 3.05) is 13.1 Å². The first-order valence-corrected chi connectivity index (χ1v) is 8.86. The van der Waals surface area contributed by atoms with Crippen molar-refractivity contribution < 1.29 is 15.0 Å². The van der Waals surface area contributed by atoms with Crippen molar-refractivity contribution in [2.45, 2.75) is 39.2 Å². The molecule has 0 aliphatic carbocycles. The Morgan fingerprint density at radius 3 is 2.85 bits per heavy atom. The number of hydrogen-bond acceptors (Lipinski definition) is 6. The molecule has 3 rings (SSSR count). The Labute approximate surface area is 152 Å². The molecule has 8 nitrogen and oxygen atoms in total. The first kappa shape index (κ1) is 18.3. The molecule has 0 saturated carbocycles. The molecular formula is C18H25N5O3. The average molecular weight is 359 g/mol. The van der Waals surface area contributed by atoms with Crippen molar-refractivity contribution in [1.29, 1.82) is 0 Å². The van der Waals surface area contributed by atoms with E-state index in [0.717, 1.165) is 6.42 Å². The van der Waals surface area contributed by atoms with Crippen molar-refractivity contribution in [1.82, 2.24) is 25.1 Å². The van der Waals surface area contributed by atoms with Gasteiger partial charge in [0.1, 0.15) is 12.1 Å². The molecule has 1 saturated heterocycles. The van der Waals surface area contributed by atoms with Crippen molar-refractivity contribution in [2.24, 2.45) is 11.8 Å². The lowest BCUT2D eigenvalue weighted by Gasteiger charge is -2.43. The number of aromatic hydroxyl groups is 1. The number of aliphatic hydroxyl groups is 1. The summed E-state index contributed by atoms with van der Waals surface area (Å²) in [7, 11) is 0. The quantitative estimate of drug-likeness (QED) is 0.860. The predicted molar refractivity (Wildman–Crippen MR) is 94.9 cm³/mol. The van der Waals surface area contributed by atoms with Crippen LogP contribution in [0.4, 0.5) is 0 Å². The predicted octanol–water partition coefficient (Wildman–Crippen LogP) is 1.63. The highest BCUT2D eigenvalue weighted by molar-refractivity contribution is 5.97. The fourth-order valence-electron chi connectivity index (χ4n) is 3.49. The van der Waals surface area contributed by atoms with E-state index in [4.69, 9.17) is 0 Å². The van der Waals surface area contributed by atoms with Crippen molar-refractivity contribution in [3.63, 3.8) is 0 Å². The summed E-state index contributed by atoms with van der Waals surface area (Å²) in [5.41, 5.74) is 0.0267. The third kappa shape index (κ3) is 3.70. The number of aromatic nitrogens is 4. The molecule has 0 spiro atoms. The van der Waals surface area contributed by atoms with Crippen LogP contribution in [0.5, 0.6) is 5.75 Å². The van der Waals surface area contributed by atoms with Crippen molar-refractivity contribution in [3.8, 4) is 11.4 Å². The highest BCUT2D eigenvalue weighted by Gasteiger charge is 2.39. The SMILES string of the molecule is CC(C)C[C@@H]1CN(C(=O)c2cc(-n3cnnn3)ccc2O)CC[C@]1(C)O. The van der Waals surface area contributed by atoms with Gasteiger partial charge in [0, 0.05) is 19.0 Å². The smallest absolute Gasteiger partial charge is 0.257 e. The lowest BCUT2D eigenvalue weighted by atomic mass is 9.78. The van der Waals surface area contributed by atoms with Crippen LogP contribution >= 0.6 is 0 Å². The third-order valence-corrected chi connectivity index (χ3v) is 5.08. The molecule has 1 aromatic carbocycles. The Bertz CT molecular complexity index is 773. The maximum absolute atomic E-state index is 13.0. The number of likely N-dealkylation sites (tertiary alicyclic amines) is 1. The normalized spacial score (nSPS) is 23.4. The first-order chi connectivity index (χ1) is 12.3. The number of carbonyl (C=O) groups excluding carboxylic acids is 1. The van der Waals surface area contributed by atoms with E-state index in [1.807, 2.05) is 6.92 Å². The standard InChI is InChI=1S/C18H25N5O3/c1-12(2)8-13-10-22(7-6-18(13,3)26)17(25)15-9-14(4-5-16(15)24)23-11-19-20-21-23/h4-5,9,11-13,24,26H,6-8,10H2,1-3H3/t13-,18+/m1/s1. The van der Waals surface area contributed by atoms with Crippen LogP contribution in [-0.4, -0.2) is 59.9 Å². The second-order valence-electron chi connectivity index (χ2n) is 7.64. The minimum atomic E-state index is -0.780. The molecule has 1 amide bonds. The fourth-order valence-corrected chi connectivity index (χ4v) is 3.49. The Kier molecular flexibility index (Phi) is 4.95. The summed E-state index contributed by atoms with van der Waals surface area (Å²) in [6.45, 7) is 6.99. The van der Waals surface area contributed by atoms with Gasteiger partial charge in [-0.2, -0.15) is 0 Å². The van der Waals surface area contributed by atoms with Crippen molar-refractivity contribution >= 4 is 5.91 Å². The lowest BCUT2D eigenvalue weighted by Crippen LogP contribution is -2.52. The number of phenols is 1. The van der Waals surface area contributed by atoms with E-state index in [0.29, 0.717) is 31.1 Å². The number of phenolic OH excluding ortho intramolecular Hbond substituents is 1. The molecule has 1 aromatic heterocycles. The molecule has 2 atom stereocenters. The van der Waals surface area contributed by atoms with E-state index in [-0.39, 0.29) is 23.1 Å². The van der Waals surface area contributed by atoms with E-state index in [1.54, 1.807) is 17.0 Å². The van der Waals surface area contributed by atoms with Gasteiger partial charge in [0.15, 0.2) is 0 Å². The molecular weight excluding hydrogens is 334 g/mol. The number of hydrogen-bond donors (Lipinski definition) is 2. The highest BCUT2D eigenvalue weighted by atomic mass is 16.3. The average Bonchev–Trinajstić information content (AvgIpc) is 3.11. The minimum Gasteiger partial charge on any atom is -0.507 e. The van der Waals surface area contributed by atoms with Gasteiger partial charge in [-0.3, -0.25) is 4.79 Å². The lowest BCUT2D eigenvalue weighted by molar-refractivity contribution is -0.0577. The molecule has 0 radical (unpaired) electrons. The van der Waals surface area contributed by atoms with E-state index < -0.39 is 5.60 Å². The van der Waals surface area contributed by atoms with Gasteiger partial charge in [0.25, 0.3) is 5.91 Å². The van der Waals surface area contributed by atoms with E-state index in [2.05, 4.69) is 29.4 Å². The van der Waals surface area contributed by atoms with Gasteiger partial charge in [-0.1, -0.05) is 13.8 Å². The molecule has 8 heteroatoms. The van der Waals surface area contributed by atoms with Crippen molar-refractivity contribution in [3.05, 3.63) is 30.1 Å². The molecule has 26 heavy (non-hydrogen) atoms. The number of amides is 1. The van der Waals surface area contributed by atoms with Gasteiger partial charge >= 0.3 is 0 Å². The summed E-state index contributed by atoms with van der Waals surface area (Å²) >= 11 is 0. The van der Waals surface area contributed by atoms with Gasteiger partial charge in [-0.05, 0) is 54.3 Å². The third-order valence-electron chi connectivity index (χ3n) is 5.08.